The predicted molar refractivity (Wildman–Crippen MR) is 123 cm³/mol. The van der Waals surface area contributed by atoms with Crippen molar-refractivity contribution in [3.8, 4) is 0 Å². The van der Waals surface area contributed by atoms with Gasteiger partial charge in [-0.25, -0.2) is 0 Å². The van der Waals surface area contributed by atoms with Crippen LogP contribution in [-0.4, -0.2) is 0 Å². The molecule has 0 spiro atoms. The third kappa shape index (κ3) is 4.68. The fourth-order valence-electron chi connectivity index (χ4n) is 3.23. The van der Waals surface area contributed by atoms with Crippen LogP contribution in [0, 0.1) is 0 Å². The average Bonchev–Trinajstić information content (AvgIpc) is 2.69. The SMILES string of the molecule is CC(N)c1ccc(P(c2ccc(C(C)N)cc2)c2ccc(C(C)N)cc2)cc1. The highest BCUT2D eigenvalue weighted by Crippen LogP contribution is 2.33. The second-order valence-electron chi connectivity index (χ2n) is 7.48. The highest BCUT2D eigenvalue weighted by atomic mass is 31.1. The van der Waals surface area contributed by atoms with Crippen LogP contribution < -0.4 is 33.1 Å². The molecule has 3 nitrogen and oxygen atoms in total. The third-order valence-electron chi connectivity index (χ3n) is 5.03. The Kier molecular flexibility index (Phi) is 6.64. The lowest BCUT2D eigenvalue weighted by Gasteiger charge is -2.21. The summed E-state index contributed by atoms with van der Waals surface area (Å²) in [6.45, 7) is 6.03. The van der Waals surface area contributed by atoms with Crippen LogP contribution in [0.1, 0.15) is 55.6 Å². The Morgan fingerprint density at radius 3 is 0.857 bits per heavy atom. The first kappa shape index (κ1) is 20.7. The molecule has 3 aromatic rings. The minimum absolute atomic E-state index is 0.0379. The van der Waals surface area contributed by atoms with Gasteiger partial charge >= 0.3 is 0 Å². The van der Waals surface area contributed by atoms with Crippen LogP contribution in [0.5, 0.6) is 0 Å². The van der Waals surface area contributed by atoms with Crippen molar-refractivity contribution in [1.82, 2.24) is 0 Å². The van der Waals surface area contributed by atoms with E-state index in [9.17, 15) is 0 Å². The number of benzene rings is 3. The molecule has 6 N–H and O–H groups in total. The Labute approximate surface area is 169 Å². The van der Waals surface area contributed by atoms with E-state index in [0.717, 1.165) is 16.7 Å². The van der Waals surface area contributed by atoms with Crippen molar-refractivity contribution in [2.75, 3.05) is 0 Å². The van der Waals surface area contributed by atoms with Gasteiger partial charge in [0.2, 0.25) is 0 Å². The normalized spacial score (nSPS) is 15.6. The van der Waals surface area contributed by atoms with Gasteiger partial charge in [0.15, 0.2) is 0 Å². The summed E-state index contributed by atoms with van der Waals surface area (Å²) in [5, 5.41) is 3.92. The molecule has 0 bridgehead atoms. The van der Waals surface area contributed by atoms with E-state index in [0.29, 0.717) is 0 Å². The molecule has 0 fully saturated rings. The molecule has 3 rings (SSSR count). The van der Waals surface area contributed by atoms with E-state index < -0.39 is 7.92 Å². The molecule has 0 saturated carbocycles. The topological polar surface area (TPSA) is 78.1 Å². The Bertz CT molecular complexity index is 760. The standard InChI is InChI=1S/C24H30N3P/c1-16(25)19-4-10-22(11-5-19)28(23-12-6-20(7-13-23)17(2)26)24-14-8-21(9-15-24)18(3)27/h4-18H,25-27H2,1-3H3. The summed E-state index contributed by atoms with van der Waals surface area (Å²) in [6.07, 6.45) is 0. The Balaban J connectivity index is 2.04. The fourth-order valence-corrected chi connectivity index (χ4v) is 5.46. The lowest BCUT2D eigenvalue weighted by atomic mass is 10.1. The molecule has 146 valence electrons. The summed E-state index contributed by atoms with van der Waals surface area (Å²) in [4.78, 5) is 0. The van der Waals surface area contributed by atoms with Crippen molar-refractivity contribution in [2.45, 2.75) is 38.9 Å². The highest BCUT2D eigenvalue weighted by molar-refractivity contribution is 7.79. The largest absolute Gasteiger partial charge is 0.324 e. The number of nitrogens with two attached hydrogens (primary N) is 3. The van der Waals surface area contributed by atoms with Crippen molar-refractivity contribution in [3.05, 3.63) is 89.5 Å². The Morgan fingerprint density at radius 2 is 0.679 bits per heavy atom. The molecule has 3 aromatic carbocycles. The number of hydrogen-bond donors (Lipinski definition) is 3. The Morgan fingerprint density at radius 1 is 0.464 bits per heavy atom. The van der Waals surface area contributed by atoms with E-state index in [-0.39, 0.29) is 18.1 Å². The first-order valence-corrected chi connectivity index (χ1v) is 11.1. The van der Waals surface area contributed by atoms with Gasteiger partial charge in [-0.05, 0) is 61.3 Å². The molecule has 0 heterocycles. The molecule has 0 radical (unpaired) electrons. The van der Waals surface area contributed by atoms with Crippen LogP contribution in [-0.2, 0) is 0 Å². The smallest absolute Gasteiger partial charge is 0.0266 e. The molecule has 0 aromatic heterocycles. The van der Waals surface area contributed by atoms with Crippen LogP contribution in [0.2, 0.25) is 0 Å². The number of rotatable bonds is 6. The summed E-state index contributed by atoms with van der Waals surface area (Å²) >= 11 is 0. The van der Waals surface area contributed by atoms with Gasteiger partial charge in [-0.1, -0.05) is 72.8 Å². The van der Waals surface area contributed by atoms with Crippen molar-refractivity contribution in [2.24, 2.45) is 17.2 Å². The van der Waals surface area contributed by atoms with E-state index in [1.807, 2.05) is 20.8 Å². The molecule has 3 atom stereocenters. The van der Waals surface area contributed by atoms with E-state index in [2.05, 4.69) is 72.8 Å². The third-order valence-corrected chi connectivity index (χ3v) is 7.47. The molecule has 4 heteroatoms. The van der Waals surface area contributed by atoms with Crippen LogP contribution in [0.4, 0.5) is 0 Å². The Hall–Kier alpha value is -2.03. The fraction of sp³-hybridized carbons (Fsp3) is 0.250. The number of hydrogen-bond acceptors (Lipinski definition) is 3. The van der Waals surface area contributed by atoms with Crippen molar-refractivity contribution in [3.63, 3.8) is 0 Å². The van der Waals surface area contributed by atoms with Gasteiger partial charge in [-0.15, -0.1) is 0 Å². The maximum atomic E-state index is 6.03. The van der Waals surface area contributed by atoms with Gasteiger partial charge in [0, 0.05) is 18.1 Å². The molecule has 0 aliphatic heterocycles. The van der Waals surface area contributed by atoms with Gasteiger partial charge in [0.25, 0.3) is 0 Å². The van der Waals surface area contributed by atoms with E-state index >= 15 is 0 Å². The zero-order chi connectivity index (χ0) is 20.3. The van der Waals surface area contributed by atoms with Crippen molar-refractivity contribution in [1.29, 1.82) is 0 Å². The second-order valence-corrected chi connectivity index (χ2v) is 9.70. The van der Waals surface area contributed by atoms with Gasteiger partial charge in [0.1, 0.15) is 0 Å². The maximum Gasteiger partial charge on any atom is 0.0266 e. The molecule has 3 unspecified atom stereocenters. The van der Waals surface area contributed by atoms with E-state index in [4.69, 9.17) is 17.2 Å². The van der Waals surface area contributed by atoms with E-state index in [1.54, 1.807) is 0 Å². The molecule has 0 saturated heterocycles. The summed E-state index contributed by atoms with van der Waals surface area (Å²) < 4.78 is 0. The summed E-state index contributed by atoms with van der Waals surface area (Å²) in [5.41, 5.74) is 21.6. The summed E-state index contributed by atoms with van der Waals surface area (Å²) in [5.74, 6) is 0. The molecule has 0 aliphatic rings. The van der Waals surface area contributed by atoms with Crippen LogP contribution >= 0.6 is 7.92 Å². The monoisotopic (exact) mass is 391 g/mol. The molecule has 28 heavy (non-hydrogen) atoms. The zero-order valence-electron chi connectivity index (χ0n) is 16.8. The van der Waals surface area contributed by atoms with Gasteiger partial charge in [-0.3, -0.25) is 0 Å². The van der Waals surface area contributed by atoms with Crippen LogP contribution in [0.15, 0.2) is 72.8 Å². The van der Waals surface area contributed by atoms with Crippen molar-refractivity contribution >= 4 is 23.8 Å². The molecule has 0 aliphatic carbocycles. The summed E-state index contributed by atoms with van der Waals surface area (Å²) in [7, 11) is -0.663. The van der Waals surface area contributed by atoms with Gasteiger partial charge < -0.3 is 17.2 Å². The first-order chi connectivity index (χ1) is 13.4. The molecule has 0 amide bonds. The lowest BCUT2D eigenvalue weighted by molar-refractivity contribution is 0.819. The maximum absolute atomic E-state index is 6.03. The predicted octanol–water partition coefficient (Wildman–Crippen LogP) is 3.50. The quantitative estimate of drug-likeness (QED) is 0.563. The van der Waals surface area contributed by atoms with Gasteiger partial charge in [0.05, 0.1) is 0 Å². The van der Waals surface area contributed by atoms with E-state index in [1.165, 1.54) is 15.9 Å². The first-order valence-electron chi connectivity index (χ1n) is 9.73. The van der Waals surface area contributed by atoms with Crippen molar-refractivity contribution < 1.29 is 0 Å². The zero-order valence-corrected chi connectivity index (χ0v) is 17.7. The second kappa shape index (κ2) is 8.98. The average molecular weight is 391 g/mol. The highest BCUT2D eigenvalue weighted by Gasteiger charge is 2.17. The minimum Gasteiger partial charge on any atom is -0.324 e. The molecular weight excluding hydrogens is 361 g/mol. The van der Waals surface area contributed by atoms with Crippen LogP contribution in [0.3, 0.4) is 0 Å². The summed E-state index contributed by atoms with van der Waals surface area (Å²) in [6, 6.07) is 26.2. The van der Waals surface area contributed by atoms with Gasteiger partial charge in [-0.2, -0.15) is 0 Å². The minimum atomic E-state index is -0.663. The molecular formula is C24H30N3P. The van der Waals surface area contributed by atoms with Crippen LogP contribution in [0.25, 0.3) is 0 Å². The lowest BCUT2D eigenvalue weighted by Crippen LogP contribution is -2.22.